The van der Waals surface area contributed by atoms with Crippen molar-refractivity contribution in [1.29, 1.82) is 0 Å². The largest absolute Gasteiger partial charge is 0.326 e. The van der Waals surface area contributed by atoms with Crippen molar-refractivity contribution in [3.63, 3.8) is 0 Å². The van der Waals surface area contributed by atoms with Crippen molar-refractivity contribution in [1.82, 2.24) is 19.8 Å². The Morgan fingerprint density at radius 2 is 1.88 bits per heavy atom. The molecule has 0 bridgehead atoms. The maximum atomic E-state index is 12.4. The van der Waals surface area contributed by atoms with Crippen LogP contribution in [0.5, 0.6) is 0 Å². The molecule has 0 aliphatic rings. The lowest BCUT2D eigenvalue weighted by Gasteiger charge is -2.06. The second-order valence-electron chi connectivity index (χ2n) is 5.53. The number of nitrogens with one attached hydrogen (secondary N) is 2. The van der Waals surface area contributed by atoms with Crippen molar-refractivity contribution in [3.05, 3.63) is 35.1 Å². The molecule has 0 fully saturated rings. The molecule has 0 unspecified atom stereocenters. The Balaban J connectivity index is 1.81. The molecule has 0 radical (unpaired) electrons. The molecule has 3 aromatic rings. The van der Waals surface area contributed by atoms with Crippen LogP contribution in [0.4, 0.5) is 11.4 Å². The highest BCUT2D eigenvalue weighted by atomic mass is 32.1. The van der Waals surface area contributed by atoms with Crippen LogP contribution in [0.15, 0.2) is 24.3 Å². The van der Waals surface area contributed by atoms with E-state index in [1.165, 1.54) is 18.3 Å². The molecule has 1 aromatic carbocycles. The molecule has 0 saturated carbocycles. The van der Waals surface area contributed by atoms with Crippen molar-refractivity contribution in [3.8, 4) is 0 Å². The van der Waals surface area contributed by atoms with E-state index in [1.807, 2.05) is 13.8 Å². The Labute approximate surface area is 141 Å². The van der Waals surface area contributed by atoms with Crippen molar-refractivity contribution in [2.24, 2.45) is 0 Å². The highest BCUT2D eigenvalue weighted by molar-refractivity contribution is 7.18. The monoisotopic (exact) mass is 344 g/mol. The van der Waals surface area contributed by atoms with Crippen molar-refractivity contribution in [2.45, 2.75) is 26.7 Å². The molecule has 2 heterocycles. The van der Waals surface area contributed by atoms with E-state index in [2.05, 4.69) is 25.9 Å². The Morgan fingerprint density at radius 1 is 1.17 bits per heavy atom. The highest BCUT2D eigenvalue weighted by Crippen LogP contribution is 2.20. The number of fused-ring (bicyclic) bond motifs is 1. The molecular formula is C15H16N6O2S. The molecule has 0 saturated heterocycles. The van der Waals surface area contributed by atoms with Crippen LogP contribution in [-0.4, -0.2) is 31.6 Å². The van der Waals surface area contributed by atoms with E-state index < -0.39 is 0 Å². The Bertz CT molecular complexity index is 914. The molecular weight excluding hydrogens is 328 g/mol. The van der Waals surface area contributed by atoms with E-state index in [4.69, 9.17) is 0 Å². The molecule has 2 N–H and O–H groups in total. The number of carbonyl (C=O) groups excluding carboxylic acids is 2. The number of amides is 2. The van der Waals surface area contributed by atoms with Gasteiger partial charge in [0, 0.05) is 24.2 Å². The zero-order valence-electron chi connectivity index (χ0n) is 13.4. The van der Waals surface area contributed by atoms with Gasteiger partial charge in [-0.05, 0) is 18.2 Å². The zero-order chi connectivity index (χ0) is 17.3. The fourth-order valence-corrected chi connectivity index (χ4v) is 2.89. The van der Waals surface area contributed by atoms with E-state index in [0.717, 1.165) is 0 Å². The minimum Gasteiger partial charge on any atom is -0.326 e. The first-order valence-electron chi connectivity index (χ1n) is 7.35. The number of hydrogen-bond acceptors (Lipinski definition) is 6. The zero-order valence-corrected chi connectivity index (χ0v) is 14.2. The SMILES string of the molecule is CC(=O)Nc1cccc(NC(=O)c2nn3c(C(C)C)nnc3s2)c1. The fourth-order valence-electron chi connectivity index (χ4n) is 2.15. The third-order valence-electron chi connectivity index (χ3n) is 3.17. The molecule has 0 aliphatic carbocycles. The summed E-state index contributed by atoms with van der Waals surface area (Å²) in [6, 6.07) is 6.91. The summed E-state index contributed by atoms with van der Waals surface area (Å²) in [6.45, 7) is 5.41. The summed E-state index contributed by atoms with van der Waals surface area (Å²) in [7, 11) is 0. The first kappa shape index (κ1) is 16.1. The normalized spacial score (nSPS) is 11.0. The van der Waals surface area contributed by atoms with Gasteiger partial charge in [-0.1, -0.05) is 31.3 Å². The van der Waals surface area contributed by atoms with Crippen molar-refractivity contribution in [2.75, 3.05) is 10.6 Å². The van der Waals surface area contributed by atoms with Gasteiger partial charge in [-0.2, -0.15) is 4.52 Å². The van der Waals surface area contributed by atoms with Crippen LogP contribution in [-0.2, 0) is 4.79 Å². The van der Waals surface area contributed by atoms with Gasteiger partial charge < -0.3 is 10.6 Å². The number of anilines is 2. The van der Waals surface area contributed by atoms with Gasteiger partial charge in [0.05, 0.1) is 0 Å². The number of nitrogens with zero attached hydrogens (tertiary/aromatic N) is 4. The molecule has 0 spiro atoms. The standard InChI is InChI=1S/C15H16N6O2S/c1-8(2)12-18-19-15-21(12)20-14(24-15)13(23)17-11-6-4-5-10(7-11)16-9(3)22/h4-8H,1-3H3,(H,16,22)(H,17,23). The first-order valence-corrected chi connectivity index (χ1v) is 8.17. The second kappa shape index (κ2) is 6.36. The molecule has 0 atom stereocenters. The van der Waals surface area contributed by atoms with Crippen LogP contribution in [0.1, 0.15) is 42.3 Å². The molecule has 8 nitrogen and oxygen atoms in total. The molecule has 0 aliphatic heterocycles. The van der Waals surface area contributed by atoms with Crippen LogP contribution < -0.4 is 10.6 Å². The molecule has 2 aromatic heterocycles. The van der Waals surface area contributed by atoms with Crippen molar-refractivity contribution < 1.29 is 9.59 Å². The number of benzene rings is 1. The number of hydrogen-bond donors (Lipinski definition) is 2. The van der Waals surface area contributed by atoms with E-state index in [-0.39, 0.29) is 17.7 Å². The van der Waals surface area contributed by atoms with Crippen LogP contribution in [0.3, 0.4) is 0 Å². The molecule has 9 heteroatoms. The summed E-state index contributed by atoms with van der Waals surface area (Å²) in [5, 5.41) is 18.1. The Morgan fingerprint density at radius 3 is 2.54 bits per heavy atom. The van der Waals surface area contributed by atoms with Crippen LogP contribution in [0.2, 0.25) is 0 Å². The predicted molar refractivity (Wildman–Crippen MR) is 91.4 cm³/mol. The van der Waals surface area contributed by atoms with Gasteiger partial charge in [0.2, 0.25) is 15.9 Å². The lowest BCUT2D eigenvalue weighted by Crippen LogP contribution is -2.13. The summed E-state index contributed by atoms with van der Waals surface area (Å²) >= 11 is 1.17. The number of rotatable bonds is 4. The number of carbonyl (C=O) groups is 2. The summed E-state index contributed by atoms with van der Waals surface area (Å²) in [6.07, 6.45) is 0. The Kier molecular flexibility index (Phi) is 4.26. The summed E-state index contributed by atoms with van der Waals surface area (Å²) < 4.78 is 1.60. The molecule has 2 amide bonds. The minimum absolute atomic E-state index is 0.160. The topological polar surface area (TPSA) is 101 Å². The van der Waals surface area contributed by atoms with E-state index in [1.54, 1.807) is 28.8 Å². The Hall–Kier alpha value is -2.81. The number of aromatic nitrogens is 4. The molecule has 124 valence electrons. The van der Waals surface area contributed by atoms with E-state index >= 15 is 0 Å². The van der Waals surface area contributed by atoms with Gasteiger partial charge >= 0.3 is 0 Å². The highest BCUT2D eigenvalue weighted by Gasteiger charge is 2.18. The van der Waals surface area contributed by atoms with E-state index in [0.29, 0.717) is 27.2 Å². The van der Waals surface area contributed by atoms with Crippen LogP contribution >= 0.6 is 11.3 Å². The van der Waals surface area contributed by atoms with Gasteiger partial charge in [-0.25, -0.2) is 0 Å². The third kappa shape index (κ3) is 3.25. The average Bonchev–Trinajstić information content (AvgIpc) is 3.06. The van der Waals surface area contributed by atoms with Gasteiger partial charge in [-0.3, -0.25) is 9.59 Å². The lowest BCUT2D eigenvalue weighted by atomic mass is 10.2. The molecule has 3 rings (SSSR count). The van der Waals surface area contributed by atoms with Gasteiger partial charge in [-0.15, -0.1) is 15.3 Å². The van der Waals surface area contributed by atoms with Gasteiger partial charge in [0.1, 0.15) is 0 Å². The fraction of sp³-hybridized carbons (Fsp3) is 0.267. The lowest BCUT2D eigenvalue weighted by molar-refractivity contribution is -0.114. The quantitative estimate of drug-likeness (QED) is 0.757. The van der Waals surface area contributed by atoms with Crippen LogP contribution in [0.25, 0.3) is 4.96 Å². The maximum absolute atomic E-state index is 12.4. The summed E-state index contributed by atoms with van der Waals surface area (Å²) in [5.74, 6) is 0.369. The minimum atomic E-state index is -0.333. The van der Waals surface area contributed by atoms with Crippen molar-refractivity contribution >= 4 is 39.5 Å². The van der Waals surface area contributed by atoms with E-state index in [9.17, 15) is 9.59 Å². The molecule has 24 heavy (non-hydrogen) atoms. The predicted octanol–water partition coefficient (Wildman–Crippen LogP) is 2.52. The summed E-state index contributed by atoms with van der Waals surface area (Å²) in [5.41, 5.74) is 1.18. The first-order chi connectivity index (χ1) is 11.4. The second-order valence-corrected chi connectivity index (χ2v) is 6.49. The maximum Gasteiger partial charge on any atom is 0.286 e. The van der Waals surface area contributed by atoms with Crippen LogP contribution in [0, 0.1) is 0 Å². The smallest absolute Gasteiger partial charge is 0.286 e. The van der Waals surface area contributed by atoms with Gasteiger partial charge in [0.15, 0.2) is 5.82 Å². The van der Waals surface area contributed by atoms with Gasteiger partial charge in [0.25, 0.3) is 5.91 Å². The average molecular weight is 344 g/mol. The summed E-state index contributed by atoms with van der Waals surface area (Å²) in [4.78, 5) is 24.1. The third-order valence-corrected chi connectivity index (χ3v) is 4.06.